The summed E-state index contributed by atoms with van der Waals surface area (Å²) in [6.07, 6.45) is 0. The zero-order chi connectivity index (χ0) is 15.8. The van der Waals surface area contributed by atoms with E-state index in [0.717, 1.165) is 11.8 Å². The molecule has 114 valence electrons. The van der Waals surface area contributed by atoms with Crippen molar-refractivity contribution in [2.24, 2.45) is 0 Å². The number of amides is 1. The van der Waals surface area contributed by atoms with Crippen molar-refractivity contribution in [2.75, 3.05) is 19.5 Å². The van der Waals surface area contributed by atoms with E-state index in [0.29, 0.717) is 11.3 Å². The molecule has 8 heteroatoms. The predicted molar refractivity (Wildman–Crippen MR) is 87.9 cm³/mol. The second-order valence-electron chi connectivity index (χ2n) is 4.01. The number of ether oxygens (including phenoxy) is 1. The van der Waals surface area contributed by atoms with Gasteiger partial charge in [-0.05, 0) is 29.5 Å². The largest absolute Gasteiger partial charge is 0.497 e. The first-order valence-corrected chi connectivity index (χ1v) is 7.47. The van der Waals surface area contributed by atoms with Crippen molar-refractivity contribution >= 4 is 40.5 Å². The van der Waals surface area contributed by atoms with Gasteiger partial charge in [-0.25, -0.2) is 0 Å². The summed E-state index contributed by atoms with van der Waals surface area (Å²) in [5, 5.41) is 26.8. The van der Waals surface area contributed by atoms with E-state index in [-0.39, 0.29) is 22.6 Å². The Morgan fingerprint density at radius 1 is 1.52 bits per heavy atom. The lowest BCUT2D eigenvalue weighted by molar-refractivity contribution is -0.121. The number of thiol groups is 1. The van der Waals surface area contributed by atoms with Crippen LogP contribution < -0.4 is 10.1 Å². The summed E-state index contributed by atoms with van der Waals surface area (Å²) >= 11 is 4.72. The normalized spacial score (nSPS) is 11.6. The second-order valence-corrected chi connectivity index (χ2v) is 5.43. The SMILES string of the molecule is COc1cccc(C(CO)C(=O)NC(=N)SC(=N)CS)c1. The molecule has 6 nitrogen and oxygen atoms in total. The highest BCUT2D eigenvalue weighted by atomic mass is 32.2. The number of amidine groups is 1. The Kier molecular flexibility index (Phi) is 7.27. The number of benzene rings is 1. The van der Waals surface area contributed by atoms with E-state index in [9.17, 15) is 9.90 Å². The minimum Gasteiger partial charge on any atom is -0.497 e. The quantitative estimate of drug-likeness (QED) is 0.321. The van der Waals surface area contributed by atoms with Gasteiger partial charge in [0.1, 0.15) is 5.75 Å². The van der Waals surface area contributed by atoms with Crippen molar-refractivity contribution in [3.8, 4) is 5.75 Å². The topological polar surface area (TPSA) is 106 Å². The van der Waals surface area contributed by atoms with Gasteiger partial charge >= 0.3 is 0 Å². The number of methoxy groups -OCH3 is 1. The number of carbonyl (C=O) groups excluding carboxylic acids is 1. The summed E-state index contributed by atoms with van der Waals surface area (Å²) in [6, 6.07) is 6.82. The van der Waals surface area contributed by atoms with Crippen molar-refractivity contribution < 1.29 is 14.6 Å². The molecular weight excluding hydrogens is 310 g/mol. The Labute approximate surface area is 132 Å². The van der Waals surface area contributed by atoms with Crippen molar-refractivity contribution in [1.82, 2.24) is 5.32 Å². The molecule has 1 rings (SSSR count). The molecule has 0 saturated heterocycles. The molecule has 1 aromatic rings. The maximum Gasteiger partial charge on any atom is 0.235 e. The van der Waals surface area contributed by atoms with Crippen molar-refractivity contribution in [2.45, 2.75) is 5.92 Å². The third-order valence-electron chi connectivity index (χ3n) is 2.60. The molecule has 0 heterocycles. The van der Waals surface area contributed by atoms with E-state index in [1.165, 1.54) is 7.11 Å². The molecule has 0 spiro atoms. The first-order chi connectivity index (χ1) is 10.0. The average Bonchev–Trinajstić information content (AvgIpc) is 2.47. The Bertz CT molecular complexity index is 537. The molecule has 0 saturated carbocycles. The predicted octanol–water partition coefficient (Wildman–Crippen LogP) is 1.46. The Hall–Kier alpha value is -1.51. The van der Waals surface area contributed by atoms with Crippen LogP contribution in [0.25, 0.3) is 0 Å². The minimum absolute atomic E-state index is 0.158. The number of aliphatic hydroxyl groups excluding tert-OH is 1. The molecular formula is C13H17N3O3S2. The van der Waals surface area contributed by atoms with Gasteiger partial charge in [-0.2, -0.15) is 12.6 Å². The summed E-state index contributed by atoms with van der Waals surface area (Å²) in [5.41, 5.74) is 0.594. The number of hydrogen-bond acceptors (Lipinski definition) is 7. The van der Waals surface area contributed by atoms with E-state index < -0.39 is 11.8 Å². The summed E-state index contributed by atoms with van der Waals surface area (Å²) in [4.78, 5) is 12.1. The minimum atomic E-state index is -0.800. The number of nitrogens with one attached hydrogen (secondary N) is 3. The number of rotatable bonds is 5. The van der Waals surface area contributed by atoms with Gasteiger partial charge < -0.3 is 15.2 Å². The van der Waals surface area contributed by atoms with Crippen LogP contribution in [-0.4, -0.2) is 40.7 Å². The highest BCUT2D eigenvalue weighted by molar-refractivity contribution is 8.27. The molecule has 0 aliphatic rings. The molecule has 1 aromatic carbocycles. The van der Waals surface area contributed by atoms with Gasteiger partial charge in [0.2, 0.25) is 5.91 Å². The van der Waals surface area contributed by atoms with Gasteiger partial charge in [0.05, 0.1) is 24.7 Å². The van der Waals surface area contributed by atoms with Gasteiger partial charge in [-0.1, -0.05) is 12.1 Å². The van der Waals surface area contributed by atoms with E-state index in [4.69, 9.17) is 15.6 Å². The smallest absolute Gasteiger partial charge is 0.235 e. The fourth-order valence-corrected chi connectivity index (χ4v) is 2.23. The van der Waals surface area contributed by atoms with Gasteiger partial charge in [-0.3, -0.25) is 15.6 Å². The zero-order valence-corrected chi connectivity index (χ0v) is 13.1. The van der Waals surface area contributed by atoms with Crippen LogP contribution in [-0.2, 0) is 4.79 Å². The fraction of sp³-hybridized carbons (Fsp3) is 0.308. The average molecular weight is 327 g/mol. The molecule has 4 N–H and O–H groups in total. The van der Waals surface area contributed by atoms with Crippen molar-refractivity contribution in [3.05, 3.63) is 29.8 Å². The maximum absolute atomic E-state index is 12.1. The lowest BCUT2D eigenvalue weighted by Gasteiger charge is -2.15. The molecule has 1 unspecified atom stereocenters. The number of hydrogen-bond donors (Lipinski definition) is 5. The van der Waals surface area contributed by atoms with Crippen LogP contribution in [0.1, 0.15) is 11.5 Å². The third-order valence-corrected chi connectivity index (χ3v) is 3.83. The van der Waals surface area contributed by atoms with Crippen LogP contribution in [0.2, 0.25) is 0 Å². The van der Waals surface area contributed by atoms with E-state index in [1.807, 2.05) is 0 Å². The second kappa shape index (κ2) is 8.71. The Balaban J connectivity index is 2.77. The van der Waals surface area contributed by atoms with E-state index >= 15 is 0 Å². The summed E-state index contributed by atoms with van der Waals surface area (Å²) in [7, 11) is 1.52. The monoisotopic (exact) mass is 327 g/mol. The number of aliphatic hydroxyl groups is 1. The first-order valence-electron chi connectivity index (χ1n) is 6.02. The van der Waals surface area contributed by atoms with Crippen LogP contribution in [0.5, 0.6) is 5.75 Å². The highest BCUT2D eigenvalue weighted by Gasteiger charge is 2.21. The Morgan fingerprint density at radius 3 is 2.81 bits per heavy atom. The Morgan fingerprint density at radius 2 is 2.24 bits per heavy atom. The molecule has 0 aliphatic carbocycles. The van der Waals surface area contributed by atoms with Crippen LogP contribution in [0.3, 0.4) is 0 Å². The molecule has 21 heavy (non-hydrogen) atoms. The summed E-state index contributed by atoms with van der Waals surface area (Å²) < 4.78 is 5.08. The lowest BCUT2D eigenvalue weighted by atomic mass is 9.99. The molecule has 0 radical (unpaired) electrons. The molecule has 0 aromatic heterocycles. The molecule has 1 amide bonds. The molecule has 0 bridgehead atoms. The number of thioether (sulfide) groups is 1. The highest BCUT2D eigenvalue weighted by Crippen LogP contribution is 2.21. The standard InChI is InChI=1S/C13H17N3O3S2/c1-19-9-4-2-3-8(5-9)10(6-17)12(18)16-13(15)21-11(14)7-20/h2-5,10,14,17,20H,6-7H2,1H3,(H2,15,16,18). The molecule has 0 aliphatic heterocycles. The molecule has 0 fully saturated rings. The first kappa shape index (κ1) is 17.5. The van der Waals surface area contributed by atoms with E-state index in [1.54, 1.807) is 24.3 Å². The van der Waals surface area contributed by atoms with Gasteiger partial charge in [-0.15, -0.1) is 0 Å². The van der Waals surface area contributed by atoms with Crippen molar-refractivity contribution in [3.63, 3.8) is 0 Å². The third kappa shape index (κ3) is 5.41. The maximum atomic E-state index is 12.1. The summed E-state index contributed by atoms with van der Waals surface area (Å²) in [5.74, 6) is -0.524. The fourth-order valence-electron chi connectivity index (χ4n) is 1.58. The molecule has 1 atom stereocenters. The zero-order valence-electron chi connectivity index (χ0n) is 11.4. The van der Waals surface area contributed by atoms with Crippen LogP contribution in [0, 0.1) is 10.8 Å². The van der Waals surface area contributed by atoms with E-state index in [2.05, 4.69) is 17.9 Å². The van der Waals surface area contributed by atoms with Crippen molar-refractivity contribution in [1.29, 1.82) is 10.8 Å². The lowest BCUT2D eigenvalue weighted by Crippen LogP contribution is -2.34. The van der Waals surface area contributed by atoms with Gasteiger partial charge in [0.25, 0.3) is 0 Å². The number of carbonyl (C=O) groups is 1. The van der Waals surface area contributed by atoms with Crippen LogP contribution >= 0.6 is 24.4 Å². The van der Waals surface area contributed by atoms with Gasteiger partial charge in [0.15, 0.2) is 5.17 Å². The summed E-state index contributed by atoms with van der Waals surface area (Å²) in [6.45, 7) is -0.388. The van der Waals surface area contributed by atoms with Crippen LogP contribution in [0.15, 0.2) is 24.3 Å². The van der Waals surface area contributed by atoms with Crippen LogP contribution in [0.4, 0.5) is 0 Å². The van der Waals surface area contributed by atoms with Gasteiger partial charge in [0, 0.05) is 5.75 Å².